The van der Waals surface area contributed by atoms with Crippen LogP contribution < -0.4 is 5.32 Å². The molecule has 0 bridgehead atoms. The highest BCUT2D eigenvalue weighted by Crippen LogP contribution is 2.16. The smallest absolute Gasteiger partial charge is 0.313 e. The van der Waals surface area contributed by atoms with Crippen molar-refractivity contribution < 1.29 is 14.4 Å². The summed E-state index contributed by atoms with van der Waals surface area (Å²) in [6.07, 6.45) is 1.87. The van der Waals surface area contributed by atoms with Crippen LogP contribution in [0.1, 0.15) is 37.0 Å². The van der Waals surface area contributed by atoms with Crippen LogP contribution in [0.4, 0.5) is 5.69 Å². The highest BCUT2D eigenvalue weighted by molar-refractivity contribution is 6.39. The Kier molecular flexibility index (Phi) is 4.73. The van der Waals surface area contributed by atoms with Crippen molar-refractivity contribution in [1.82, 2.24) is 4.90 Å². The van der Waals surface area contributed by atoms with Gasteiger partial charge in [-0.3, -0.25) is 14.4 Å². The Morgan fingerprint density at radius 3 is 2.19 bits per heavy atom. The lowest BCUT2D eigenvalue weighted by Gasteiger charge is -2.29. The number of rotatable bonds is 2. The number of ketones is 1. The van der Waals surface area contributed by atoms with Crippen LogP contribution in [-0.4, -0.2) is 35.6 Å². The topological polar surface area (TPSA) is 66.5 Å². The maximum atomic E-state index is 12.0. The predicted molar refractivity (Wildman–Crippen MR) is 80.1 cm³/mol. The number of piperidine rings is 1. The summed E-state index contributed by atoms with van der Waals surface area (Å²) in [5, 5.41) is 2.57. The number of benzene rings is 1. The number of likely N-dealkylation sites (tertiary alicyclic amines) is 1. The van der Waals surface area contributed by atoms with E-state index in [1.165, 1.54) is 6.92 Å². The van der Waals surface area contributed by atoms with Crippen LogP contribution in [0.3, 0.4) is 0 Å². The van der Waals surface area contributed by atoms with Crippen LogP contribution in [0, 0.1) is 5.92 Å². The molecule has 1 heterocycles. The second-order valence-electron chi connectivity index (χ2n) is 5.56. The van der Waals surface area contributed by atoms with E-state index in [9.17, 15) is 14.4 Å². The molecule has 1 saturated heterocycles. The van der Waals surface area contributed by atoms with Crippen molar-refractivity contribution in [2.24, 2.45) is 5.92 Å². The molecule has 1 aromatic rings. The summed E-state index contributed by atoms with van der Waals surface area (Å²) in [5.74, 6) is -0.541. The quantitative estimate of drug-likeness (QED) is 0.669. The molecule has 0 aromatic heterocycles. The molecule has 0 spiro atoms. The van der Waals surface area contributed by atoms with Crippen LogP contribution in [0.5, 0.6) is 0 Å². The second kappa shape index (κ2) is 6.52. The van der Waals surface area contributed by atoms with Crippen molar-refractivity contribution >= 4 is 23.3 Å². The summed E-state index contributed by atoms with van der Waals surface area (Å²) < 4.78 is 0. The van der Waals surface area contributed by atoms with E-state index in [2.05, 4.69) is 12.2 Å². The van der Waals surface area contributed by atoms with Crippen molar-refractivity contribution in [3.8, 4) is 0 Å². The zero-order valence-electron chi connectivity index (χ0n) is 12.4. The molecular formula is C16H20N2O3. The van der Waals surface area contributed by atoms with Gasteiger partial charge in [0.25, 0.3) is 0 Å². The molecule has 5 nitrogen and oxygen atoms in total. The maximum Gasteiger partial charge on any atom is 0.313 e. The first kappa shape index (κ1) is 15.2. The lowest BCUT2D eigenvalue weighted by atomic mass is 9.99. The molecular weight excluding hydrogens is 268 g/mol. The van der Waals surface area contributed by atoms with Gasteiger partial charge in [-0.2, -0.15) is 0 Å². The Hall–Kier alpha value is -2.17. The summed E-state index contributed by atoms with van der Waals surface area (Å²) in [4.78, 5) is 36.8. The third kappa shape index (κ3) is 3.90. The van der Waals surface area contributed by atoms with Crippen molar-refractivity contribution in [2.45, 2.75) is 26.7 Å². The second-order valence-corrected chi connectivity index (χ2v) is 5.56. The van der Waals surface area contributed by atoms with E-state index in [-0.39, 0.29) is 5.78 Å². The van der Waals surface area contributed by atoms with Gasteiger partial charge in [0.1, 0.15) is 0 Å². The average Bonchev–Trinajstić information content (AvgIpc) is 2.47. The number of hydrogen-bond acceptors (Lipinski definition) is 3. The minimum absolute atomic E-state index is 0.0358. The highest BCUT2D eigenvalue weighted by Gasteiger charge is 2.25. The minimum atomic E-state index is -0.625. The monoisotopic (exact) mass is 288 g/mol. The molecule has 112 valence electrons. The largest absolute Gasteiger partial charge is 0.334 e. The normalized spacial score (nSPS) is 15.6. The molecule has 1 aliphatic heterocycles. The third-order valence-corrected chi connectivity index (χ3v) is 3.81. The summed E-state index contributed by atoms with van der Waals surface area (Å²) in [6.45, 7) is 4.90. The van der Waals surface area contributed by atoms with E-state index >= 15 is 0 Å². The van der Waals surface area contributed by atoms with Gasteiger partial charge < -0.3 is 10.2 Å². The first-order chi connectivity index (χ1) is 9.97. The zero-order chi connectivity index (χ0) is 15.4. The van der Waals surface area contributed by atoms with Crippen molar-refractivity contribution in [1.29, 1.82) is 0 Å². The molecule has 1 fully saturated rings. The molecule has 2 amide bonds. The first-order valence-corrected chi connectivity index (χ1v) is 7.18. The van der Waals surface area contributed by atoms with Gasteiger partial charge in [-0.05, 0) is 49.9 Å². The van der Waals surface area contributed by atoms with Gasteiger partial charge in [0.05, 0.1) is 0 Å². The van der Waals surface area contributed by atoms with Gasteiger partial charge >= 0.3 is 11.8 Å². The summed E-state index contributed by atoms with van der Waals surface area (Å²) in [6, 6.07) is 6.51. The molecule has 0 atom stereocenters. The van der Waals surface area contributed by atoms with Gasteiger partial charge in [-0.1, -0.05) is 6.92 Å². The highest BCUT2D eigenvalue weighted by atomic mass is 16.2. The summed E-state index contributed by atoms with van der Waals surface area (Å²) >= 11 is 0. The number of amides is 2. The molecule has 1 aliphatic rings. The Labute approximate surface area is 124 Å². The molecule has 5 heteroatoms. The van der Waals surface area contributed by atoms with E-state index < -0.39 is 11.8 Å². The lowest BCUT2D eigenvalue weighted by Crippen LogP contribution is -2.43. The third-order valence-electron chi connectivity index (χ3n) is 3.81. The van der Waals surface area contributed by atoms with Gasteiger partial charge in [-0.25, -0.2) is 0 Å². The fourth-order valence-corrected chi connectivity index (χ4v) is 2.33. The Bertz CT molecular complexity index is 543. The zero-order valence-corrected chi connectivity index (χ0v) is 12.4. The molecule has 2 rings (SSSR count). The number of hydrogen-bond donors (Lipinski definition) is 1. The lowest BCUT2D eigenvalue weighted by molar-refractivity contribution is -0.144. The molecule has 0 aliphatic carbocycles. The SMILES string of the molecule is CC(=O)c1ccc(NC(=O)C(=O)N2CCC(C)CC2)cc1. The van der Waals surface area contributed by atoms with E-state index in [0.717, 1.165) is 12.8 Å². The summed E-state index contributed by atoms with van der Waals surface area (Å²) in [7, 11) is 0. The molecule has 0 radical (unpaired) electrons. The molecule has 21 heavy (non-hydrogen) atoms. The average molecular weight is 288 g/mol. The standard InChI is InChI=1S/C16H20N2O3/c1-11-7-9-18(10-8-11)16(21)15(20)17-14-5-3-13(4-6-14)12(2)19/h3-6,11H,7-10H2,1-2H3,(H,17,20). The number of anilines is 1. The Balaban J connectivity index is 1.94. The van der Waals surface area contributed by atoms with Crippen molar-refractivity contribution in [2.75, 3.05) is 18.4 Å². The molecule has 1 aromatic carbocycles. The van der Waals surface area contributed by atoms with E-state index in [4.69, 9.17) is 0 Å². The van der Waals surface area contributed by atoms with Crippen LogP contribution in [0.2, 0.25) is 0 Å². The molecule has 0 unspecified atom stereocenters. The van der Waals surface area contributed by atoms with Gasteiger partial charge in [0.15, 0.2) is 5.78 Å². The predicted octanol–water partition coefficient (Wildman–Crippen LogP) is 2.09. The van der Waals surface area contributed by atoms with Crippen LogP contribution in [-0.2, 0) is 9.59 Å². The number of carbonyl (C=O) groups excluding carboxylic acids is 3. The first-order valence-electron chi connectivity index (χ1n) is 7.18. The van der Waals surface area contributed by atoms with Crippen LogP contribution in [0.25, 0.3) is 0 Å². The number of carbonyl (C=O) groups is 3. The minimum Gasteiger partial charge on any atom is -0.334 e. The Morgan fingerprint density at radius 1 is 1.10 bits per heavy atom. The van der Waals surface area contributed by atoms with Crippen LogP contribution >= 0.6 is 0 Å². The number of nitrogens with zero attached hydrogens (tertiary/aromatic N) is 1. The fourth-order valence-electron chi connectivity index (χ4n) is 2.33. The van der Waals surface area contributed by atoms with Gasteiger partial charge in [0.2, 0.25) is 0 Å². The maximum absolute atomic E-state index is 12.0. The van der Waals surface area contributed by atoms with Gasteiger partial charge in [-0.15, -0.1) is 0 Å². The van der Waals surface area contributed by atoms with Crippen LogP contribution in [0.15, 0.2) is 24.3 Å². The van der Waals surface area contributed by atoms with Gasteiger partial charge in [0, 0.05) is 24.3 Å². The Morgan fingerprint density at radius 2 is 1.67 bits per heavy atom. The molecule has 0 saturated carbocycles. The van der Waals surface area contributed by atoms with Crippen molar-refractivity contribution in [3.05, 3.63) is 29.8 Å². The fraction of sp³-hybridized carbons (Fsp3) is 0.438. The number of Topliss-reactive ketones (excluding diaryl/α,β-unsaturated/α-hetero) is 1. The summed E-state index contributed by atoms with van der Waals surface area (Å²) in [5.41, 5.74) is 1.09. The van der Waals surface area contributed by atoms with E-state index in [1.807, 2.05) is 0 Å². The number of nitrogens with one attached hydrogen (secondary N) is 1. The molecule has 1 N–H and O–H groups in total. The van der Waals surface area contributed by atoms with Crippen molar-refractivity contribution in [3.63, 3.8) is 0 Å². The van der Waals surface area contributed by atoms with E-state index in [1.54, 1.807) is 29.2 Å². The van der Waals surface area contributed by atoms with E-state index in [0.29, 0.717) is 30.3 Å².